The summed E-state index contributed by atoms with van der Waals surface area (Å²) >= 11 is 0. The minimum atomic E-state index is 0.000566. The first-order chi connectivity index (χ1) is 15.2. The molecule has 2 aromatic heterocycles. The van der Waals surface area contributed by atoms with E-state index in [0.717, 1.165) is 61.9 Å². The highest BCUT2D eigenvalue weighted by Crippen LogP contribution is 2.41. The molecule has 1 aliphatic carbocycles. The van der Waals surface area contributed by atoms with Crippen LogP contribution in [0.5, 0.6) is 0 Å². The molecule has 4 aliphatic rings. The molecule has 2 amide bonds. The second-order valence-corrected chi connectivity index (χ2v) is 9.43. The van der Waals surface area contributed by atoms with Crippen molar-refractivity contribution in [2.24, 2.45) is 5.92 Å². The largest absolute Gasteiger partial charge is 0.463 e. The molecule has 0 aromatic carbocycles. The predicted molar refractivity (Wildman–Crippen MR) is 119 cm³/mol. The lowest BCUT2D eigenvalue weighted by Gasteiger charge is -2.49. The number of carbonyl (C=O) groups is 1. The van der Waals surface area contributed by atoms with Gasteiger partial charge < -0.3 is 15.1 Å². The lowest BCUT2D eigenvalue weighted by molar-refractivity contribution is 0.0304. The van der Waals surface area contributed by atoms with Crippen LogP contribution in [0, 0.1) is 12.8 Å². The molecule has 1 saturated carbocycles. The number of furan rings is 1. The summed E-state index contributed by atoms with van der Waals surface area (Å²) in [6.45, 7) is 4.78. The highest BCUT2D eigenvalue weighted by atomic mass is 16.3. The van der Waals surface area contributed by atoms with E-state index in [1.165, 1.54) is 25.7 Å². The molecule has 2 N–H and O–H groups in total. The van der Waals surface area contributed by atoms with Crippen LogP contribution >= 0.6 is 0 Å². The van der Waals surface area contributed by atoms with Gasteiger partial charge >= 0.3 is 6.03 Å². The third-order valence-corrected chi connectivity index (χ3v) is 7.33. The summed E-state index contributed by atoms with van der Waals surface area (Å²) in [4.78, 5) is 24.3. The number of carbonyl (C=O) groups excluding carboxylic acids is 1. The van der Waals surface area contributed by atoms with Gasteiger partial charge in [-0.2, -0.15) is 0 Å². The molecule has 2 aromatic rings. The average Bonchev–Trinajstić information content (AvgIpc) is 3.33. The van der Waals surface area contributed by atoms with E-state index in [0.29, 0.717) is 23.9 Å². The van der Waals surface area contributed by atoms with Gasteiger partial charge in [0.15, 0.2) is 5.76 Å². The summed E-state index contributed by atoms with van der Waals surface area (Å²) in [5, 5.41) is 6.31. The van der Waals surface area contributed by atoms with Gasteiger partial charge in [-0.05, 0) is 63.3 Å². The maximum absolute atomic E-state index is 12.4. The molecule has 0 radical (unpaired) electrons. The minimum absolute atomic E-state index is 0.000566. The van der Waals surface area contributed by atoms with Crippen molar-refractivity contribution in [2.75, 3.05) is 19.6 Å². The van der Waals surface area contributed by atoms with Gasteiger partial charge in [-0.25, -0.2) is 14.8 Å². The van der Waals surface area contributed by atoms with E-state index in [4.69, 9.17) is 9.40 Å². The zero-order valence-corrected chi connectivity index (χ0v) is 18.3. The van der Waals surface area contributed by atoms with E-state index in [-0.39, 0.29) is 6.03 Å². The SMILES string of the molecule is Cc1nc(-c2ccco2)cc(C2CN3CCC2CC3CNC(=O)NC2CCCCC2)n1. The van der Waals surface area contributed by atoms with E-state index >= 15 is 0 Å². The summed E-state index contributed by atoms with van der Waals surface area (Å²) in [5.41, 5.74) is 1.98. The van der Waals surface area contributed by atoms with Gasteiger partial charge in [0.1, 0.15) is 11.5 Å². The number of amides is 2. The van der Waals surface area contributed by atoms with Gasteiger partial charge in [0.05, 0.1) is 6.26 Å². The van der Waals surface area contributed by atoms with Gasteiger partial charge in [0.2, 0.25) is 0 Å². The number of nitrogens with zero attached hydrogens (tertiary/aromatic N) is 3. The summed E-state index contributed by atoms with van der Waals surface area (Å²) in [6, 6.07) is 6.71. The number of nitrogens with one attached hydrogen (secondary N) is 2. The molecule has 0 spiro atoms. The van der Waals surface area contributed by atoms with Crippen LogP contribution in [0.2, 0.25) is 0 Å². The second kappa shape index (κ2) is 8.99. The number of hydrogen-bond donors (Lipinski definition) is 2. The summed E-state index contributed by atoms with van der Waals surface area (Å²) < 4.78 is 5.56. The highest BCUT2D eigenvalue weighted by Gasteiger charge is 2.41. The smallest absolute Gasteiger partial charge is 0.315 e. The first-order valence-corrected chi connectivity index (χ1v) is 11.8. The van der Waals surface area contributed by atoms with Gasteiger partial charge in [0, 0.05) is 36.8 Å². The van der Waals surface area contributed by atoms with Crippen LogP contribution in [0.4, 0.5) is 4.79 Å². The Labute approximate surface area is 184 Å². The molecule has 7 nitrogen and oxygen atoms in total. The fourth-order valence-electron chi connectivity index (χ4n) is 5.71. The number of aryl methyl sites for hydroxylation is 1. The van der Waals surface area contributed by atoms with Gasteiger partial charge in [-0.15, -0.1) is 0 Å². The first-order valence-electron chi connectivity index (χ1n) is 11.8. The highest BCUT2D eigenvalue weighted by molar-refractivity contribution is 5.74. The van der Waals surface area contributed by atoms with E-state index in [2.05, 4.69) is 26.6 Å². The topological polar surface area (TPSA) is 83.3 Å². The molecule has 5 heterocycles. The summed E-state index contributed by atoms with van der Waals surface area (Å²) in [6.07, 6.45) is 9.97. The summed E-state index contributed by atoms with van der Waals surface area (Å²) in [5.74, 6) is 2.59. The molecule has 7 heteroatoms. The van der Waals surface area contributed by atoms with Crippen molar-refractivity contribution in [3.05, 3.63) is 36.0 Å². The van der Waals surface area contributed by atoms with Crippen molar-refractivity contribution in [3.63, 3.8) is 0 Å². The van der Waals surface area contributed by atoms with Gasteiger partial charge in [0.25, 0.3) is 0 Å². The van der Waals surface area contributed by atoms with Crippen LogP contribution in [0.25, 0.3) is 11.5 Å². The molecule has 4 atom stereocenters. The van der Waals surface area contributed by atoms with Crippen molar-refractivity contribution in [1.82, 2.24) is 25.5 Å². The van der Waals surface area contributed by atoms with Gasteiger partial charge in [-0.3, -0.25) is 4.90 Å². The van der Waals surface area contributed by atoms with E-state index < -0.39 is 0 Å². The molecule has 4 fully saturated rings. The average molecular weight is 424 g/mol. The quantitative estimate of drug-likeness (QED) is 0.763. The predicted octanol–water partition coefficient (Wildman–Crippen LogP) is 3.85. The fourth-order valence-corrected chi connectivity index (χ4v) is 5.71. The number of piperidine rings is 3. The molecule has 166 valence electrons. The number of hydrogen-bond acceptors (Lipinski definition) is 5. The van der Waals surface area contributed by atoms with Crippen molar-refractivity contribution in [1.29, 1.82) is 0 Å². The Morgan fingerprint density at radius 2 is 2.10 bits per heavy atom. The number of fused-ring (bicyclic) bond motifs is 3. The normalized spacial score (nSPS) is 28.4. The molecule has 3 aliphatic heterocycles. The Hall–Kier alpha value is -2.41. The number of aromatic nitrogens is 2. The van der Waals surface area contributed by atoms with Crippen molar-refractivity contribution >= 4 is 6.03 Å². The molecular formula is C24H33N5O2. The third-order valence-electron chi connectivity index (χ3n) is 7.33. The maximum atomic E-state index is 12.4. The minimum Gasteiger partial charge on any atom is -0.463 e. The number of urea groups is 1. The van der Waals surface area contributed by atoms with Gasteiger partial charge in [-0.1, -0.05) is 19.3 Å². The second-order valence-electron chi connectivity index (χ2n) is 9.43. The Bertz CT molecular complexity index is 893. The molecule has 4 unspecified atom stereocenters. The third kappa shape index (κ3) is 4.61. The van der Waals surface area contributed by atoms with Crippen LogP contribution < -0.4 is 10.6 Å². The van der Waals surface area contributed by atoms with E-state index in [1.54, 1.807) is 6.26 Å². The van der Waals surface area contributed by atoms with E-state index in [1.807, 2.05) is 19.1 Å². The number of rotatable bonds is 5. The monoisotopic (exact) mass is 423 g/mol. The maximum Gasteiger partial charge on any atom is 0.315 e. The van der Waals surface area contributed by atoms with Crippen LogP contribution in [0.15, 0.2) is 28.9 Å². The molecule has 6 rings (SSSR count). The van der Waals surface area contributed by atoms with Crippen LogP contribution in [-0.4, -0.2) is 52.6 Å². The van der Waals surface area contributed by atoms with Crippen LogP contribution in [0.1, 0.15) is 62.4 Å². The lowest BCUT2D eigenvalue weighted by atomic mass is 9.74. The Kier molecular flexibility index (Phi) is 5.94. The van der Waals surface area contributed by atoms with Crippen molar-refractivity contribution in [3.8, 4) is 11.5 Å². The Morgan fingerprint density at radius 1 is 1.23 bits per heavy atom. The molecule has 3 saturated heterocycles. The summed E-state index contributed by atoms with van der Waals surface area (Å²) in [7, 11) is 0. The zero-order chi connectivity index (χ0) is 21.2. The lowest BCUT2D eigenvalue weighted by Crippen LogP contribution is -2.57. The van der Waals surface area contributed by atoms with Crippen LogP contribution in [0.3, 0.4) is 0 Å². The Morgan fingerprint density at radius 3 is 2.84 bits per heavy atom. The van der Waals surface area contributed by atoms with Crippen molar-refractivity contribution in [2.45, 2.75) is 69.9 Å². The molecular weight excluding hydrogens is 390 g/mol. The van der Waals surface area contributed by atoms with Crippen LogP contribution in [-0.2, 0) is 0 Å². The zero-order valence-electron chi connectivity index (χ0n) is 18.3. The van der Waals surface area contributed by atoms with Crippen molar-refractivity contribution < 1.29 is 9.21 Å². The molecule has 31 heavy (non-hydrogen) atoms. The molecule has 2 bridgehead atoms. The first kappa shape index (κ1) is 20.5. The fraction of sp³-hybridized carbons (Fsp3) is 0.625. The Balaban J connectivity index is 1.20. The standard InChI is InChI=1S/C24H33N5O2/c1-16-26-21(13-22(27-16)23-8-5-11-31-23)20-15-29-10-9-17(20)12-19(29)14-25-24(30)28-18-6-3-2-4-7-18/h5,8,11,13,17-20H,2-4,6-7,9-10,12,14-15H2,1H3,(H2,25,28,30). The van der Waals surface area contributed by atoms with E-state index in [9.17, 15) is 4.79 Å².